The molecule has 0 aliphatic carbocycles. The Morgan fingerprint density at radius 2 is 1.48 bits per heavy atom. The average molecular weight is 306 g/mol. The van der Waals surface area contributed by atoms with Crippen LogP contribution in [0.5, 0.6) is 0 Å². The van der Waals surface area contributed by atoms with Crippen molar-refractivity contribution in [2.75, 3.05) is 0 Å². The van der Waals surface area contributed by atoms with Gasteiger partial charge >= 0.3 is 0 Å². The molecule has 2 nitrogen and oxygen atoms in total. The van der Waals surface area contributed by atoms with Crippen molar-refractivity contribution in [3.05, 3.63) is 84.3 Å². The van der Waals surface area contributed by atoms with E-state index in [1.165, 1.54) is 11.1 Å². The highest BCUT2D eigenvalue weighted by atomic mass is 15.1. The van der Waals surface area contributed by atoms with Crippen LogP contribution in [0.1, 0.15) is 42.4 Å². The molecular weight excluding hydrogens is 280 g/mol. The predicted octanol–water partition coefficient (Wildman–Crippen LogP) is 5.47. The molecule has 0 saturated heterocycles. The van der Waals surface area contributed by atoms with Crippen LogP contribution in [-0.2, 0) is 0 Å². The van der Waals surface area contributed by atoms with Crippen molar-refractivity contribution in [2.45, 2.75) is 33.7 Å². The fourth-order valence-corrected chi connectivity index (χ4v) is 2.71. The third-order valence-corrected chi connectivity index (χ3v) is 4.18. The standard InChI is InChI=1S/C21H26N2/c1-14(2)20-10-12-21(13-11-20)18(6)22-17(5)19(7)23-15(3)8-9-16(23)4/h8-13,18,22H,1,5,7H2,2-4,6H3. The zero-order valence-electron chi connectivity index (χ0n) is 14.6. The predicted molar refractivity (Wildman–Crippen MR) is 101 cm³/mol. The van der Waals surface area contributed by atoms with E-state index < -0.39 is 0 Å². The lowest BCUT2D eigenvalue weighted by molar-refractivity contribution is 0.664. The number of allylic oxidation sites excluding steroid dienone is 2. The second-order valence-corrected chi connectivity index (χ2v) is 6.15. The minimum absolute atomic E-state index is 0.162. The molecule has 1 unspecified atom stereocenters. The first-order valence-electron chi connectivity index (χ1n) is 7.87. The van der Waals surface area contributed by atoms with Crippen LogP contribution in [0.15, 0.2) is 61.8 Å². The third kappa shape index (κ3) is 3.65. The molecule has 2 heteroatoms. The molecule has 2 rings (SSSR count). The number of benzene rings is 1. The second-order valence-electron chi connectivity index (χ2n) is 6.15. The molecule has 0 radical (unpaired) electrons. The first kappa shape index (κ1) is 16.9. The van der Waals surface area contributed by atoms with E-state index in [0.717, 1.165) is 28.4 Å². The molecule has 0 aliphatic rings. The maximum atomic E-state index is 4.19. The number of rotatable bonds is 6. The molecule has 0 saturated carbocycles. The van der Waals surface area contributed by atoms with Crippen LogP contribution in [0.3, 0.4) is 0 Å². The molecular formula is C21H26N2. The van der Waals surface area contributed by atoms with Gasteiger partial charge in [-0.1, -0.05) is 49.6 Å². The lowest BCUT2D eigenvalue weighted by Gasteiger charge is -2.21. The molecule has 0 amide bonds. The van der Waals surface area contributed by atoms with Crippen LogP contribution in [-0.4, -0.2) is 4.57 Å². The number of hydrogen-bond acceptors (Lipinski definition) is 1. The van der Waals surface area contributed by atoms with Crippen molar-refractivity contribution in [1.82, 2.24) is 9.88 Å². The van der Waals surface area contributed by atoms with Gasteiger partial charge < -0.3 is 9.88 Å². The Labute approximate surface area is 139 Å². The molecule has 0 aliphatic heterocycles. The summed E-state index contributed by atoms with van der Waals surface area (Å²) in [5.74, 6) is 0. The highest BCUT2D eigenvalue weighted by Gasteiger charge is 2.11. The van der Waals surface area contributed by atoms with Gasteiger partial charge in [0.1, 0.15) is 0 Å². The van der Waals surface area contributed by atoms with E-state index in [1.54, 1.807) is 0 Å². The number of aromatic nitrogens is 1. The largest absolute Gasteiger partial charge is 0.377 e. The molecule has 2 aromatic rings. The summed E-state index contributed by atoms with van der Waals surface area (Å²) in [7, 11) is 0. The SMILES string of the molecule is C=C(NC(C)c1ccc(C(=C)C)cc1)C(=C)n1c(C)ccc1C. The summed E-state index contributed by atoms with van der Waals surface area (Å²) >= 11 is 0. The average Bonchev–Trinajstić information content (AvgIpc) is 2.85. The summed E-state index contributed by atoms with van der Waals surface area (Å²) in [4.78, 5) is 0. The van der Waals surface area contributed by atoms with Gasteiger partial charge in [0.25, 0.3) is 0 Å². The number of nitrogens with one attached hydrogen (secondary N) is 1. The Hall–Kier alpha value is -2.48. The molecule has 0 fully saturated rings. The maximum Gasteiger partial charge on any atom is 0.0608 e. The second kappa shape index (κ2) is 6.74. The molecule has 120 valence electrons. The van der Waals surface area contributed by atoms with E-state index in [0.29, 0.717) is 0 Å². The van der Waals surface area contributed by atoms with E-state index >= 15 is 0 Å². The highest BCUT2D eigenvalue weighted by Crippen LogP contribution is 2.22. The Balaban J connectivity index is 2.10. The quantitative estimate of drug-likeness (QED) is 0.700. The lowest BCUT2D eigenvalue weighted by atomic mass is 10.0. The number of hydrogen-bond donors (Lipinski definition) is 1. The van der Waals surface area contributed by atoms with Gasteiger partial charge in [-0.25, -0.2) is 0 Å². The topological polar surface area (TPSA) is 17.0 Å². The fourth-order valence-electron chi connectivity index (χ4n) is 2.71. The number of nitrogens with zero attached hydrogens (tertiary/aromatic N) is 1. The van der Waals surface area contributed by atoms with Crippen molar-refractivity contribution < 1.29 is 0 Å². The molecule has 1 atom stereocenters. The van der Waals surface area contributed by atoms with Gasteiger partial charge in [0.2, 0.25) is 0 Å². The first-order chi connectivity index (χ1) is 10.8. The Kier molecular flexibility index (Phi) is 4.95. The smallest absolute Gasteiger partial charge is 0.0608 e. The van der Waals surface area contributed by atoms with Crippen LogP contribution < -0.4 is 5.32 Å². The zero-order chi connectivity index (χ0) is 17.1. The van der Waals surface area contributed by atoms with Gasteiger partial charge in [0.15, 0.2) is 0 Å². The highest BCUT2D eigenvalue weighted by molar-refractivity contribution is 5.63. The summed E-state index contributed by atoms with van der Waals surface area (Å²) in [5.41, 5.74) is 7.50. The summed E-state index contributed by atoms with van der Waals surface area (Å²) in [6, 6.07) is 12.8. The van der Waals surface area contributed by atoms with E-state index in [9.17, 15) is 0 Å². The van der Waals surface area contributed by atoms with E-state index in [2.05, 4.69) is 86.8 Å². The molecule has 0 spiro atoms. The van der Waals surface area contributed by atoms with Crippen molar-refractivity contribution in [1.29, 1.82) is 0 Å². The lowest BCUT2D eigenvalue weighted by Crippen LogP contribution is -2.20. The van der Waals surface area contributed by atoms with Crippen LogP contribution >= 0.6 is 0 Å². The van der Waals surface area contributed by atoms with Crippen LogP contribution in [0, 0.1) is 13.8 Å². The van der Waals surface area contributed by atoms with E-state index in [-0.39, 0.29) is 6.04 Å². The van der Waals surface area contributed by atoms with Crippen LogP contribution in [0.4, 0.5) is 0 Å². The van der Waals surface area contributed by atoms with Gasteiger partial charge in [0.05, 0.1) is 11.4 Å². The summed E-state index contributed by atoms with van der Waals surface area (Å²) < 4.78 is 2.12. The van der Waals surface area contributed by atoms with Gasteiger partial charge in [-0.05, 0) is 51.0 Å². The minimum Gasteiger partial charge on any atom is -0.377 e. The molecule has 1 heterocycles. The van der Waals surface area contributed by atoms with Gasteiger partial charge in [-0.15, -0.1) is 0 Å². The Morgan fingerprint density at radius 3 is 1.96 bits per heavy atom. The minimum atomic E-state index is 0.162. The number of aryl methyl sites for hydroxylation is 2. The van der Waals surface area contributed by atoms with Crippen molar-refractivity contribution in [3.63, 3.8) is 0 Å². The van der Waals surface area contributed by atoms with Crippen molar-refractivity contribution >= 4 is 11.3 Å². The monoisotopic (exact) mass is 306 g/mol. The van der Waals surface area contributed by atoms with Crippen molar-refractivity contribution in [2.24, 2.45) is 0 Å². The van der Waals surface area contributed by atoms with Gasteiger partial charge in [0, 0.05) is 17.4 Å². The molecule has 1 aromatic carbocycles. The van der Waals surface area contributed by atoms with Crippen molar-refractivity contribution in [3.8, 4) is 0 Å². The van der Waals surface area contributed by atoms with Gasteiger partial charge in [-0.2, -0.15) is 0 Å². The Bertz CT molecular complexity index is 725. The van der Waals surface area contributed by atoms with Crippen LogP contribution in [0.2, 0.25) is 0 Å². The zero-order valence-corrected chi connectivity index (χ0v) is 14.6. The molecule has 0 bridgehead atoms. The first-order valence-corrected chi connectivity index (χ1v) is 7.87. The molecule has 1 aromatic heterocycles. The van der Waals surface area contributed by atoms with E-state index in [4.69, 9.17) is 0 Å². The van der Waals surface area contributed by atoms with E-state index in [1.807, 2.05) is 6.92 Å². The molecule has 23 heavy (non-hydrogen) atoms. The Morgan fingerprint density at radius 1 is 0.957 bits per heavy atom. The summed E-state index contributed by atoms with van der Waals surface area (Å²) in [6.07, 6.45) is 0. The fraction of sp³-hybridized carbons (Fsp3) is 0.238. The van der Waals surface area contributed by atoms with Gasteiger partial charge in [-0.3, -0.25) is 0 Å². The maximum absolute atomic E-state index is 4.19. The third-order valence-electron chi connectivity index (χ3n) is 4.18. The van der Waals surface area contributed by atoms with Crippen LogP contribution in [0.25, 0.3) is 11.3 Å². The normalized spacial score (nSPS) is 11.8. The molecule has 1 N–H and O–H groups in total. The summed E-state index contributed by atoms with van der Waals surface area (Å²) in [5, 5.41) is 3.45. The summed E-state index contributed by atoms with van der Waals surface area (Å²) in [6.45, 7) is 20.6.